The highest BCUT2D eigenvalue weighted by molar-refractivity contribution is 7.18. The number of hydrogen-bond donors (Lipinski definition) is 1. The van der Waals surface area contributed by atoms with Crippen LogP contribution in [0.15, 0.2) is 18.2 Å². The predicted octanol–water partition coefficient (Wildman–Crippen LogP) is 4.02. The van der Waals surface area contributed by atoms with Crippen LogP contribution in [0, 0.1) is 6.07 Å². The summed E-state index contributed by atoms with van der Waals surface area (Å²) in [4.78, 5) is 34.8. The average molecular weight is 490 g/mol. The van der Waals surface area contributed by atoms with Crippen molar-refractivity contribution in [1.82, 2.24) is 19.8 Å². The topological polar surface area (TPSA) is 59.8 Å². The Morgan fingerprint density at radius 2 is 2.00 bits per heavy atom. The predicted molar refractivity (Wildman–Crippen MR) is 143 cm³/mol. The fraction of sp³-hybridized carbons (Fsp3) is 0.519. The molecule has 6 rings (SSSR count). The van der Waals surface area contributed by atoms with Gasteiger partial charge in [-0.3, -0.25) is 9.69 Å². The lowest BCUT2D eigenvalue weighted by atomic mass is 9.77. The Bertz CT molecular complexity index is 1380. The van der Waals surface area contributed by atoms with Gasteiger partial charge in [0.05, 0.1) is 17.8 Å². The number of carbonyl (C=O) groups is 1. The Labute approximate surface area is 210 Å². The highest BCUT2D eigenvalue weighted by Gasteiger charge is 2.44. The van der Waals surface area contributed by atoms with Gasteiger partial charge in [-0.15, -0.1) is 0 Å². The summed E-state index contributed by atoms with van der Waals surface area (Å²) in [5.41, 5.74) is 4.16. The van der Waals surface area contributed by atoms with Crippen LogP contribution in [0.5, 0.6) is 0 Å². The average Bonchev–Trinajstić information content (AvgIpc) is 3.48. The molecule has 8 heteroatoms. The van der Waals surface area contributed by atoms with Crippen LogP contribution in [0.2, 0.25) is 0 Å². The Balaban J connectivity index is 1.34. The first-order chi connectivity index (χ1) is 16.7. The second kappa shape index (κ2) is 8.16. The van der Waals surface area contributed by atoms with Gasteiger partial charge in [-0.1, -0.05) is 22.2 Å². The summed E-state index contributed by atoms with van der Waals surface area (Å²) in [5, 5.41) is 1.97. The number of carbonyl (C=O) groups excluding carboxylic acids is 1. The van der Waals surface area contributed by atoms with E-state index in [4.69, 9.17) is 4.98 Å². The third-order valence-corrected chi connectivity index (χ3v) is 9.16. The summed E-state index contributed by atoms with van der Waals surface area (Å²) in [6, 6.07) is 10.4. The second-order valence-corrected chi connectivity index (χ2v) is 12.0. The molecule has 1 N–H and O–H groups in total. The van der Waals surface area contributed by atoms with Crippen LogP contribution in [0.4, 0.5) is 5.13 Å². The maximum Gasteiger partial charge on any atom is 0.311 e. The maximum atomic E-state index is 13.8. The number of piperazine rings is 1. The second-order valence-electron chi connectivity index (χ2n) is 11.0. The van der Waals surface area contributed by atoms with Crippen molar-refractivity contribution >= 4 is 33.2 Å². The SMILES string of the molecule is CN(C)CC[N+]#Cc1ccc2c3c([nH]c2c1)C(C)(C)c1nc(N2CC4CCC(C2)N4C)sc1C3=O. The van der Waals surface area contributed by atoms with Gasteiger partial charge in [0.1, 0.15) is 10.4 Å². The molecule has 3 aliphatic rings. The van der Waals surface area contributed by atoms with Gasteiger partial charge in [-0.05, 0) is 60.0 Å². The minimum absolute atomic E-state index is 0.0952. The van der Waals surface area contributed by atoms with Crippen LogP contribution in [0.3, 0.4) is 0 Å². The molecule has 2 saturated heterocycles. The molecule has 0 spiro atoms. The molecule has 0 saturated carbocycles. The van der Waals surface area contributed by atoms with E-state index in [2.05, 4.69) is 51.5 Å². The van der Waals surface area contributed by atoms with Crippen LogP contribution >= 0.6 is 11.3 Å². The van der Waals surface area contributed by atoms with Crippen molar-refractivity contribution in [3.8, 4) is 6.07 Å². The third-order valence-electron chi connectivity index (χ3n) is 8.05. The molecule has 2 aliphatic heterocycles. The first kappa shape index (κ1) is 22.7. The summed E-state index contributed by atoms with van der Waals surface area (Å²) in [6.07, 6.45) is 2.51. The lowest BCUT2D eigenvalue weighted by molar-refractivity contribution is 0.103. The van der Waals surface area contributed by atoms with Crippen LogP contribution in [-0.2, 0) is 5.41 Å². The van der Waals surface area contributed by atoms with Gasteiger partial charge in [-0.25, -0.2) is 4.98 Å². The minimum Gasteiger partial charge on any atom is -0.357 e. The van der Waals surface area contributed by atoms with Crippen LogP contribution in [0.1, 0.15) is 58.9 Å². The van der Waals surface area contributed by atoms with E-state index in [-0.39, 0.29) is 11.2 Å². The molecule has 7 nitrogen and oxygen atoms in total. The van der Waals surface area contributed by atoms with Crippen molar-refractivity contribution in [3.63, 3.8) is 0 Å². The minimum atomic E-state index is -0.373. The molecule has 182 valence electrons. The zero-order chi connectivity index (χ0) is 24.5. The fourth-order valence-electron chi connectivity index (χ4n) is 5.89. The number of nitrogens with zero attached hydrogens (tertiary/aromatic N) is 5. The van der Waals surface area contributed by atoms with E-state index < -0.39 is 0 Å². The Hall–Kier alpha value is -2.73. The van der Waals surface area contributed by atoms with Crippen molar-refractivity contribution < 1.29 is 4.79 Å². The van der Waals surface area contributed by atoms with Crippen molar-refractivity contribution in [2.75, 3.05) is 52.2 Å². The fourth-order valence-corrected chi connectivity index (χ4v) is 7.08. The number of ketones is 1. The zero-order valence-corrected chi connectivity index (χ0v) is 22.0. The number of likely N-dealkylation sites (N-methyl/N-ethyl adjacent to an activating group) is 2. The molecule has 2 atom stereocenters. The molecular weight excluding hydrogens is 456 g/mol. The molecule has 2 bridgehead atoms. The number of benzene rings is 1. The Morgan fingerprint density at radius 3 is 2.71 bits per heavy atom. The van der Waals surface area contributed by atoms with E-state index in [1.54, 1.807) is 11.3 Å². The molecule has 1 aromatic carbocycles. The zero-order valence-electron chi connectivity index (χ0n) is 21.2. The number of hydrogen-bond acceptors (Lipinski definition) is 6. The van der Waals surface area contributed by atoms with Gasteiger partial charge < -0.3 is 14.8 Å². The highest BCUT2D eigenvalue weighted by atomic mass is 32.1. The van der Waals surface area contributed by atoms with Gasteiger partial charge in [0.15, 0.2) is 5.13 Å². The Kier molecular flexibility index (Phi) is 5.29. The smallest absolute Gasteiger partial charge is 0.311 e. The lowest BCUT2D eigenvalue weighted by Gasteiger charge is -2.38. The van der Waals surface area contributed by atoms with Gasteiger partial charge in [-0.2, -0.15) is 0 Å². The van der Waals surface area contributed by atoms with Gasteiger partial charge >= 0.3 is 6.07 Å². The van der Waals surface area contributed by atoms with Crippen LogP contribution in [0.25, 0.3) is 15.7 Å². The number of rotatable bonds is 3. The van der Waals surface area contributed by atoms with Crippen molar-refractivity contribution in [3.05, 3.63) is 50.4 Å². The molecule has 4 heterocycles. The molecular formula is C27H33N6OS+. The molecule has 2 unspecified atom stereocenters. The maximum absolute atomic E-state index is 13.8. The van der Waals surface area contributed by atoms with Crippen LogP contribution in [-0.4, -0.2) is 85.0 Å². The first-order valence-electron chi connectivity index (χ1n) is 12.5. The summed E-state index contributed by atoms with van der Waals surface area (Å²) in [6.45, 7) is 7.95. The molecule has 0 radical (unpaired) electrons. The largest absolute Gasteiger partial charge is 0.357 e. The number of fused-ring (bicyclic) bond motifs is 6. The van der Waals surface area contributed by atoms with Gasteiger partial charge in [0.25, 0.3) is 6.54 Å². The van der Waals surface area contributed by atoms with Crippen molar-refractivity contribution in [2.24, 2.45) is 0 Å². The summed E-state index contributed by atoms with van der Waals surface area (Å²) in [5.74, 6) is 0.0952. The van der Waals surface area contributed by atoms with Crippen LogP contribution < -0.4 is 4.90 Å². The summed E-state index contributed by atoms with van der Waals surface area (Å²) < 4.78 is 0. The highest BCUT2D eigenvalue weighted by Crippen LogP contribution is 2.47. The van der Waals surface area contributed by atoms with E-state index in [1.165, 1.54) is 12.8 Å². The lowest BCUT2D eigenvalue weighted by Crippen LogP contribution is -2.52. The number of anilines is 1. The standard InChI is InChI=1S/C27H32N6OS/c1-27(2)24-21(19-9-6-16(12-20(19)29-24)13-28-10-11-31(3)4)22(34)23-25(27)30-26(35-23)33-14-17-7-8-18(15-33)32(17)5/h6,9,12,17-18H,7-8,10-11,14-15H2,1-5H3/p+1. The van der Waals surface area contributed by atoms with Crippen molar-refractivity contribution in [2.45, 2.75) is 44.2 Å². The van der Waals surface area contributed by atoms with E-state index in [0.29, 0.717) is 18.6 Å². The molecule has 35 heavy (non-hydrogen) atoms. The third kappa shape index (κ3) is 3.60. The quantitative estimate of drug-likeness (QED) is 0.602. The molecule has 2 aromatic heterocycles. The van der Waals surface area contributed by atoms with E-state index >= 15 is 0 Å². The molecule has 2 fully saturated rings. The van der Waals surface area contributed by atoms with Gasteiger partial charge in [0, 0.05) is 47.2 Å². The molecule has 1 aliphatic carbocycles. The Morgan fingerprint density at radius 1 is 1.26 bits per heavy atom. The van der Waals surface area contributed by atoms with Gasteiger partial charge in [0.2, 0.25) is 5.78 Å². The molecule has 0 amide bonds. The first-order valence-corrected chi connectivity index (χ1v) is 13.3. The monoisotopic (exact) mass is 489 g/mol. The van der Waals surface area contributed by atoms with Crippen molar-refractivity contribution in [1.29, 1.82) is 0 Å². The number of aromatic amines is 1. The number of aromatic nitrogens is 2. The molecule has 3 aromatic rings. The van der Waals surface area contributed by atoms with E-state index in [9.17, 15) is 4.79 Å². The van der Waals surface area contributed by atoms with E-state index in [1.807, 2.05) is 32.3 Å². The number of thiazole rings is 1. The normalized spacial score (nSPS) is 22.9. The summed E-state index contributed by atoms with van der Waals surface area (Å²) >= 11 is 1.58. The summed E-state index contributed by atoms with van der Waals surface area (Å²) in [7, 11) is 6.32. The van der Waals surface area contributed by atoms with E-state index in [0.717, 1.165) is 63.1 Å². The number of nitrogens with one attached hydrogen (secondary N) is 1. The number of H-pyrrole nitrogens is 1.